The lowest BCUT2D eigenvalue weighted by atomic mass is 9.97. The highest BCUT2D eigenvalue weighted by atomic mass is 32.1. The van der Waals surface area contributed by atoms with E-state index in [1.165, 1.54) is 23.5 Å². The molecule has 1 unspecified atom stereocenters. The molecule has 0 radical (unpaired) electrons. The van der Waals surface area contributed by atoms with E-state index in [-0.39, 0.29) is 17.9 Å². The van der Waals surface area contributed by atoms with Gasteiger partial charge in [0.05, 0.1) is 16.5 Å². The maximum atomic E-state index is 13.0. The normalized spacial score (nSPS) is 16.8. The molecular weight excluding hydrogens is 485 g/mol. The first-order valence-electron chi connectivity index (χ1n) is 12.2. The maximum absolute atomic E-state index is 13.0. The lowest BCUT2D eigenvalue weighted by molar-refractivity contribution is -0.137. The second-order valence-electron chi connectivity index (χ2n) is 9.51. The van der Waals surface area contributed by atoms with Gasteiger partial charge in [-0.3, -0.25) is 9.69 Å². The number of nitrogens with zero attached hydrogens (tertiary/aromatic N) is 1. The summed E-state index contributed by atoms with van der Waals surface area (Å²) < 4.78 is 44.9. The number of hydrogen-bond donors (Lipinski definition) is 1. The van der Waals surface area contributed by atoms with E-state index in [9.17, 15) is 18.0 Å². The first-order valence-corrected chi connectivity index (χ1v) is 13.0. The molecule has 4 nitrogen and oxygen atoms in total. The fraction of sp³-hybridized carbons (Fsp3) is 0.393. The van der Waals surface area contributed by atoms with Crippen molar-refractivity contribution in [3.63, 3.8) is 0 Å². The molecule has 1 aliphatic heterocycles. The van der Waals surface area contributed by atoms with Crippen molar-refractivity contribution < 1.29 is 22.7 Å². The Kier molecular flexibility index (Phi) is 8.36. The third-order valence-corrected chi connectivity index (χ3v) is 7.27. The molecule has 2 heterocycles. The zero-order chi connectivity index (χ0) is 25.7. The molecule has 1 fully saturated rings. The van der Waals surface area contributed by atoms with E-state index in [1.807, 2.05) is 50.2 Å². The lowest BCUT2D eigenvalue weighted by Gasteiger charge is -2.33. The third-order valence-electron chi connectivity index (χ3n) is 6.14. The molecule has 1 amide bonds. The first kappa shape index (κ1) is 26.2. The molecule has 0 bridgehead atoms. The van der Waals surface area contributed by atoms with Gasteiger partial charge in [-0.15, -0.1) is 11.3 Å². The summed E-state index contributed by atoms with van der Waals surface area (Å²) in [6, 6.07) is 17.2. The van der Waals surface area contributed by atoms with Crippen LogP contribution in [0.15, 0.2) is 60.7 Å². The number of alkyl halides is 3. The highest BCUT2D eigenvalue weighted by Gasteiger charge is 2.30. The minimum atomic E-state index is -4.34. The summed E-state index contributed by atoms with van der Waals surface area (Å²) in [5, 5.41) is 3.06. The number of amides is 1. The quantitative estimate of drug-likeness (QED) is 0.356. The molecule has 0 spiro atoms. The van der Waals surface area contributed by atoms with Crippen molar-refractivity contribution in [1.82, 2.24) is 10.2 Å². The summed E-state index contributed by atoms with van der Waals surface area (Å²) in [4.78, 5) is 16.6. The van der Waals surface area contributed by atoms with Gasteiger partial charge in [-0.2, -0.15) is 13.2 Å². The Bertz CT molecular complexity index is 1180. The summed E-state index contributed by atoms with van der Waals surface area (Å²) in [7, 11) is 0. The predicted octanol–water partition coefficient (Wildman–Crippen LogP) is 6.86. The molecule has 0 aliphatic carbocycles. The van der Waals surface area contributed by atoms with Gasteiger partial charge in [0.15, 0.2) is 0 Å². The molecule has 3 aromatic rings. The van der Waals surface area contributed by atoms with Crippen molar-refractivity contribution in [3.8, 4) is 16.2 Å². The fourth-order valence-electron chi connectivity index (χ4n) is 4.50. The topological polar surface area (TPSA) is 41.6 Å². The van der Waals surface area contributed by atoms with Crippen LogP contribution in [0.5, 0.6) is 5.75 Å². The number of carbonyl (C=O) groups excluding carboxylic acids is 1. The molecule has 1 aliphatic rings. The Labute approximate surface area is 214 Å². The highest BCUT2D eigenvalue weighted by Crippen LogP contribution is 2.32. The molecular formula is C28H31F3N2O2S. The van der Waals surface area contributed by atoms with E-state index in [1.54, 1.807) is 6.07 Å². The number of hydrogen-bond acceptors (Lipinski definition) is 4. The zero-order valence-corrected chi connectivity index (χ0v) is 21.3. The number of nitrogens with one attached hydrogen (secondary N) is 1. The number of piperidine rings is 1. The van der Waals surface area contributed by atoms with Crippen LogP contribution in [0.1, 0.15) is 47.5 Å². The molecule has 192 valence electrons. The Morgan fingerprint density at radius 3 is 2.72 bits per heavy atom. The van der Waals surface area contributed by atoms with Crippen LogP contribution in [-0.2, 0) is 12.7 Å². The maximum Gasteiger partial charge on any atom is 0.416 e. The summed E-state index contributed by atoms with van der Waals surface area (Å²) in [5.41, 5.74) is 1.05. The second kappa shape index (κ2) is 11.5. The summed E-state index contributed by atoms with van der Waals surface area (Å²) in [5.74, 6) is 0.961. The van der Waals surface area contributed by atoms with E-state index >= 15 is 0 Å². The molecule has 2 aromatic carbocycles. The third kappa shape index (κ3) is 7.11. The fourth-order valence-corrected chi connectivity index (χ4v) is 5.42. The van der Waals surface area contributed by atoms with E-state index < -0.39 is 11.7 Å². The van der Waals surface area contributed by atoms with E-state index in [0.717, 1.165) is 48.2 Å². The standard InChI is InChI=1S/C28H31F3N2O2S/c1-19(2)35-24-10-4-8-22(15-24)25-11-12-26(36-25)27(34)32-16-21-7-5-13-33(18-21)17-20-6-3-9-23(14-20)28(29,30)31/h3-4,6,8-12,14-15,19,21H,5,7,13,16-18H2,1-2H3,(H,32,34). The molecule has 0 saturated carbocycles. The van der Waals surface area contributed by atoms with Gasteiger partial charge in [0.2, 0.25) is 0 Å². The van der Waals surface area contributed by atoms with Crippen molar-refractivity contribution >= 4 is 17.2 Å². The minimum absolute atomic E-state index is 0.0886. The Hall–Kier alpha value is -2.84. The summed E-state index contributed by atoms with van der Waals surface area (Å²) >= 11 is 1.44. The van der Waals surface area contributed by atoms with Crippen LogP contribution >= 0.6 is 11.3 Å². The summed E-state index contributed by atoms with van der Waals surface area (Å²) in [6.45, 7) is 6.57. The molecule has 1 saturated heterocycles. The zero-order valence-electron chi connectivity index (χ0n) is 20.5. The minimum Gasteiger partial charge on any atom is -0.491 e. The van der Waals surface area contributed by atoms with Crippen LogP contribution in [0.3, 0.4) is 0 Å². The predicted molar refractivity (Wildman–Crippen MR) is 137 cm³/mol. The Balaban J connectivity index is 1.31. The van der Waals surface area contributed by atoms with Gasteiger partial charge in [-0.25, -0.2) is 0 Å². The SMILES string of the molecule is CC(C)Oc1cccc(-c2ccc(C(=O)NCC3CCCN(Cc4cccc(C(F)(F)F)c4)C3)s2)c1. The van der Waals surface area contributed by atoms with Gasteiger partial charge < -0.3 is 10.1 Å². The number of thiophene rings is 1. The number of rotatable bonds is 8. The van der Waals surface area contributed by atoms with Crippen molar-refractivity contribution in [2.24, 2.45) is 5.92 Å². The van der Waals surface area contributed by atoms with Crippen molar-refractivity contribution in [1.29, 1.82) is 0 Å². The van der Waals surface area contributed by atoms with Gasteiger partial charge in [0.25, 0.3) is 5.91 Å². The van der Waals surface area contributed by atoms with Crippen molar-refractivity contribution in [3.05, 3.63) is 76.7 Å². The van der Waals surface area contributed by atoms with E-state index in [0.29, 0.717) is 23.5 Å². The van der Waals surface area contributed by atoms with Crippen molar-refractivity contribution in [2.75, 3.05) is 19.6 Å². The molecule has 1 aromatic heterocycles. The molecule has 1 atom stereocenters. The molecule has 1 N–H and O–H groups in total. The smallest absolute Gasteiger partial charge is 0.416 e. The number of ether oxygens (including phenoxy) is 1. The van der Waals surface area contributed by atoms with Gasteiger partial charge in [0.1, 0.15) is 5.75 Å². The molecule has 8 heteroatoms. The van der Waals surface area contributed by atoms with Gasteiger partial charge in [-0.05, 0) is 80.6 Å². The van der Waals surface area contributed by atoms with Gasteiger partial charge >= 0.3 is 6.18 Å². The average Bonchev–Trinajstić information content (AvgIpc) is 3.33. The Morgan fingerprint density at radius 2 is 1.94 bits per heavy atom. The summed E-state index contributed by atoms with van der Waals surface area (Å²) in [6.07, 6.45) is -2.31. The van der Waals surface area contributed by atoms with Crippen LogP contribution < -0.4 is 10.1 Å². The first-order chi connectivity index (χ1) is 17.2. The van der Waals surface area contributed by atoms with Crippen LogP contribution in [0.25, 0.3) is 10.4 Å². The number of halogens is 3. The number of benzene rings is 2. The van der Waals surface area contributed by atoms with Gasteiger partial charge in [-0.1, -0.05) is 30.3 Å². The molecule has 36 heavy (non-hydrogen) atoms. The lowest BCUT2D eigenvalue weighted by Crippen LogP contribution is -2.40. The van der Waals surface area contributed by atoms with E-state index in [4.69, 9.17) is 4.74 Å². The highest BCUT2D eigenvalue weighted by molar-refractivity contribution is 7.17. The second-order valence-corrected chi connectivity index (χ2v) is 10.6. The Morgan fingerprint density at radius 1 is 1.14 bits per heavy atom. The largest absolute Gasteiger partial charge is 0.491 e. The number of likely N-dealkylation sites (tertiary alicyclic amines) is 1. The van der Waals surface area contributed by atoms with Crippen molar-refractivity contribution in [2.45, 2.75) is 45.5 Å². The van der Waals surface area contributed by atoms with Crippen LogP contribution in [0.4, 0.5) is 13.2 Å². The van der Waals surface area contributed by atoms with Gasteiger partial charge in [0, 0.05) is 24.5 Å². The van der Waals surface area contributed by atoms with E-state index in [2.05, 4.69) is 10.2 Å². The molecule has 4 rings (SSSR count). The van der Waals surface area contributed by atoms with Crippen LogP contribution in [0.2, 0.25) is 0 Å². The number of carbonyl (C=O) groups is 1. The van der Waals surface area contributed by atoms with Crippen LogP contribution in [0, 0.1) is 5.92 Å². The van der Waals surface area contributed by atoms with Crippen LogP contribution in [-0.4, -0.2) is 36.5 Å². The average molecular weight is 517 g/mol. The monoisotopic (exact) mass is 516 g/mol.